The van der Waals surface area contributed by atoms with Crippen molar-refractivity contribution in [1.82, 2.24) is 5.32 Å². The van der Waals surface area contributed by atoms with E-state index >= 15 is 0 Å². The summed E-state index contributed by atoms with van der Waals surface area (Å²) in [7, 11) is 1.70. The molecule has 0 bridgehead atoms. The number of thiophene rings is 1. The van der Waals surface area contributed by atoms with E-state index in [1.165, 1.54) is 9.35 Å². The van der Waals surface area contributed by atoms with Gasteiger partial charge in [0.1, 0.15) is 0 Å². The summed E-state index contributed by atoms with van der Waals surface area (Å²) in [4.78, 5) is 1.31. The maximum absolute atomic E-state index is 5.89. The van der Waals surface area contributed by atoms with Crippen LogP contribution in [0.5, 0.6) is 0 Å². The molecule has 3 N–H and O–H groups in total. The van der Waals surface area contributed by atoms with Crippen LogP contribution < -0.4 is 11.1 Å². The van der Waals surface area contributed by atoms with Gasteiger partial charge in [-0.05, 0) is 33.8 Å². The van der Waals surface area contributed by atoms with Crippen LogP contribution in [0.1, 0.15) is 11.3 Å². The smallest absolute Gasteiger partial charge is 0.0477 e. The minimum absolute atomic E-state index is 0.170. The van der Waals surface area contributed by atoms with Gasteiger partial charge in [0.15, 0.2) is 0 Å². The van der Waals surface area contributed by atoms with Crippen LogP contribution in [-0.4, -0.2) is 26.3 Å². The van der Waals surface area contributed by atoms with E-state index in [9.17, 15) is 0 Å². The third-order valence-corrected chi connectivity index (χ3v) is 4.00. The molecule has 86 valence electrons. The summed E-state index contributed by atoms with van der Waals surface area (Å²) < 4.78 is 6.14. The number of ether oxygens (including phenoxy) is 1. The fourth-order valence-electron chi connectivity index (χ4n) is 1.19. The molecule has 0 saturated heterocycles. The molecular formula is C10H17BrN2OS. The first-order valence-corrected chi connectivity index (χ1v) is 6.58. The van der Waals surface area contributed by atoms with Crippen molar-refractivity contribution in [2.24, 2.45) is 5.73 Å². The van der Waals surface area contributed by atoms with Crippen molar-refractivity contribution >= 4 is 27.3 Å². The van der Waals surface area contributed by atoms with Crippen molar-refractivity contribution in [2.45, 2.75) is 19.0 Å². The van der Waals surface area contributed by atoms with Crippen molar-refractivity contribution in [3.63, 3.8) is 0 Å². The molecule has 1 heterocycles. The zero-order valence-corrected chi connectivity index (χ0v) is 11.2. The number of nitrogens with two attached hydrogens (primary N) is 1. The second-order valence-electron chi connectivity index (χ2n) is 3.36. The Morgan fingerprint density at radius 2 is 2.47 bits per heavy atom. The molecule has 0 aliphatic rings. The zero-order valence-electron chi connectivity index (χ0n) is 8.83. The first-order chi connectivity index (χ1) is 7.24. The molecule has 1 rings (SSSR count). The van der Waals surface area contributed by atoms with Gasteiger partial charge >= 0.3 is 0 Å². The van der Waals surface area contributed by atoms with Gasteiger partial charge in [-0.2, -0.15) is 0 Å². The summed E-state index contributed by atoms with van der Waals surface area (Å²) in [5, 5.41) is 5.41. The summed E-state index contributed by atoms with van der Waals surface area (Å²) in [6.45, 7) is 2.43. The Morgan fingerprint density at radius 3 is 3.07 bits per heavy atom. The number of hydrogen-bond donors (Lipinski definition) is 2. The molecule has 15 heavy (non-hydrogen) atoms. The number of rotatable bonds is 7. The van der Waals surface area contributed by atoms with Crippen LogP contribution in [0.4, 0.5) is 0 Å². The summed E-state index contributed by atoms with van der Waals surface area (Å²) in [5.74, 6) is 0. The minimum atomic E-state index is 0.170. The third-order valence-electron chi connectivity index (χ3n) is 2.08. The maximum Gasteiger partial charge on any atom is 0.0477 e. The number of methoxy groups -OCH3 is 1. The first-order valence-electron chi connectivity index (χ1n) is 4.91. The van der Waals surface area contributed by atoms with E-state index in [0.717, 1.165) is 26.1 Å². The van der Waals surface area contributed by atoms with E-state index in [1.54, 1.807) is 18.4 Å². The monoisotopic (exact) mass is 292 g/mol. The van der Waals surface area contributed by atoms with Gasteiger partial charge < -0.3 is 15.8 Å². The molecule has 0 amide bonds. The average Bonchev–Trinajstić information content (AvgIpc) is 2.61. The molecule has 0 aliphatic heterocycles. The van der Waals surface area contributed by atoms with E-state index in [0.29, 0.717) is 0 Å². The van der Waals surface area contributed by atoms with Gasteiger partial charge in [0.25, 0.3) is 0 Å². The maximum atomic E-state index is 5.89. The fourth-order valence-corrected chi connectivity index (χ4v) is 2.66. The van der Waals surface area contributed by atoms with Gasteiger partial charge in [-0.1, -0.05) is 0 Å². The summed E-state index contributed by atoms with van der Waals surface area (Å²) >= 11 is 5.24. The lowest BCUT2D eigenvalue weighted by Crippen LogP contribution is -2.34. The van der Waals surface area contributed by atoms with Crippen molar-refractivity contribution in [3.05, 3.63) is 20.8 Å². The molecule has 0 spiro atoms. The lowest BCUT2D eigenvalue weighted by atomic mass is 10.2. The largest absolute Gasteiger partial charge is 0.385 e. The highest BCUT2D eigenvalue weighted by Gasteiger charge is 2.03. The molecular weight excluding hydrogens is 276 g/mol. The van der Waals surface area contributed by atoms with Crippen LogP contribution in [0.25, 0.3) is 0 Å². The molecule has 1 unspecified atom stereocenters. The molecule has 0 fully saturated rings. The van der Waals surface area contributed by atoms with Gasteiger partial charge in [-0.3, -0.25) is 0 Å². The lowest BCUT2D eigenvalue weighted by molar-refractivity contribution is 0.187. The topological polar surface area (TPSA) is 47.3 Å². The highest BCUT2D eigenvalue weighted by atomic mass is 79.9. The van der Waals surface area contributed by atoms with Gasteiger partial charge in [0, 0.05) is 42.2 Å². The molecule has 0 radical (unpaired) electrons. The van der Waals surface area contributed by atoms with E-state index in [2.05, 4.69) is 32.7 Å². The highest BCUT2D eigenvalue weighted by molar-refractivity contribution is 9.10. The molecule has 0 aliphatic carbocycles. The molecule has 0 aromatic carbocycles. The Bertz CT molecular complexity index is 280. The van der Waals surface area contributed by atoms with Gasteiger partial charge in [-0.15, -0.1) is 11.3 Å². The van der Waals surface area contributed by atoms with E-state index in [-0.39, 0.29) is 6.04 Å². The van der Waals surface area contributed by atoms with Crippen molar-refractivity contribution in [2.75, 3.05) is 20.3 Å². The average molecular weight is 293 g/mol. The second-order valence-corrected chi connectivity index (χ2v) is 5.22. The first kappa shape index (κ1) is 13.1. The summed E-state index contributed by atoms with van der Waals surface area (Å²) in [5.41, 5.74) is 5.89. The molecule has 1 aromatic heterocycles. The van der Waals surface area contributed by atoms with E-state index in [1.807, 2.05) is 0 Å². The Morgan fingerprint density at radius 1 is 1.67 bits per heavy atom. The van der Waals surface area contributed by atoms with E-state index < -0.39 is 0 Å². The molecule has 5 heteroatoms. The van der Waals surface area contributed by atoms with Crippen LogP contribution in [0, 0.1) is 0 Å². The second kappa shape index (κ2) is 7.35. The van der Waals surface area contributed by atoms with Crippen molar-refractivity contribution < 1.29 is 4.74 Å². The predicted molar refractivity (Wildman–Crippen MR) is 68.2 cm³/mol. The quantitative estimate of drug-likeness (QED) is 0.808. The molecule has 1 atom stereocenters. The zero-order chi connectivity index (χ0) is 11.1. The van der Waals surface area contributed by atoms with Crippen LogP contribution in [0.3, 0.4) is 0 Å². The Hall–Kier alpha value is 0.0600. The standard InChI is InChI=1S/C10H17BrN2OS/c1-14-4-2-8(12)6-13-7-10-9(11)3-5-15-10/h3,5,8,13H,2,4,6-7,12H2,1H3. The number of hydrogen-bond acceptors (Lipinski definition) is 4. The number of halogens is 1. The highest BCUT2D eigenvalue weighted by Crippen LogP contribution is 2.21. The summed E-state index contributed by atoms with van der Waals surface area (Å²) in [6.07, 6.45) is 0.898. The van der Waals surface area contributed by atoms with Crippen LogP contribution in [0.2, 0.25) is 0 Å². The molecule has 1 aromatic rings. The van der Waals surface area contributed by atoms with E-state index in [4.69, 9.17) is 10.5 Å². The fraction of sp³-hybridized carbons (Fsp3) is 0.600. The normalized spacial score (nSPS) is 13.0. The number of nitrogens with one attached hydrogen (secondary N) is 1. The van der Waals surface area contributed by atoms with Crippen molar-refractivity contribution in [3.8, 4) is 0 Å². The molecule has 3 nitrogen and oxygen atoms in total. The Kier molecular flexibility index (Phi) is 6.43. The Balaban J connectivity index is 2.13. The Labute approximate surface area is 103 Å². The van der Waals surface area contributed by atoms with Gasteiger partial charge in [0.2, 0.25) is 0 Å². The van der Waals surface area contributed by atoms with Gasteiger partial charge in [0.05, 0.1) is 0 Å². The lowest BCUT2D eigenvalue weighted by Gasteiger charge is -2.11. The minimum Gasteiger partial charge on any atom is -0.385 e. The van der Waals surface area contributed by atoms with Crippen molar-refractivity contribution in [1.29, 1.82) is 0 Å². The SMILES string of the molecule is COCCC(N)CNCc1sccc1Br. The van der Waals surface area contributed by atoms with Crippen LogP contribution in [0.15, 0.2) is 15.9 Å². The van der Waals surface area contributed by atoms with Gasteiger partial charge in [-0.25, -0.2) is 0 Å². The predicted octanol–water partition coefficient (Wildman–Crippen LogP) is 1.96. The van der Waals surface area contributed by atoms with Crippen LogP contribution in [-0.2, 0) is 11.3 Å². The summed E-state index contributed by atoms with van der Waals surface area (Å²) in [6, 6.07) is 2.23. The van der Waals surface area contributed by atoms with Crippen LogP contribution >= 0.6 is 27.3 Å². The molecule has 0 saturated carbocycles. The third kappa shape index (κ3) is 5.08.